The number of ether oxygens (including phenoxy) is 1. The lowest BCUT2D eigenvalue weighted by molar-refractivity contribution is 0.340. The molecule has 0 N–H and O–H groups in total. The standard InChI is InChI=1S/C15H12BrClF2O/c1-2-20-10-5-3-9(4-6-10)15(16)11-7-13(18)14(19)8-12(11)17/h3-8,15H,2H2,1H3. The van der Waals surface area contributed by atoms with Gasteiger partial charge in [-0.1, -0.05) is 39.7 Å². The van der Waals surface area contributed by atoms with Crippen LogP contribution in [0.3, 0.4) is 0 Å². The smallest absolute Gasteiger partial charge is 0.160 e. The Morgan fingerprint density at radius 2 is 1.75 bits per heavy atom. The van der Waals surface area contributed by atoms with Crippen molar-refractivity contribution in [2.24, 2.45) is 0 Å². The minimum Gasteiger partial charge on any atom is -0.494 e. The van der Waals surface area contributed by atoms with Crippen LogP contribution in [0.5, 0.6) is 5.75 Å². The Morgan fingerprint density at radius 1 is 1.15 bits per heavy atom. The molecular weight excluding hydrogens is 350 g/mol. The highest BCUT2D eigenvalue weighted by atomic mass is 79.9. The number of benzene rings is 2. The molecule has 1 nitrogen and oxygen atoms in total. The number of halogens is 4. The molecule has 0 aromatic heterocycles. The van der Waals surface area contributed by atoms with E-state index < -0.39 is 11.6 Å². The molecule has 106 valence electrons. The third kappa shape index (κ3) is 3.30. The third-order valence-electron chi connectivity index (χ3n) is 2.80. The fraction of sp³-hybridized carbons (Fsp3) is 0.200. The molecule has 1 unspecified atom stereocenters. The first-order valence-corrected chi connectivity index (χ1v) is 7.33. The molecule has 2 aromatic rings. The number of hydrogen-bond acceptors (Lipinski definition) is 1. The molecule has 0 amide bonds. The van der Waals surface area contributed by atoms with Gasteiger partial charge in [0.05, 0.1) is 11.4 Å². The zero-order valence-corrected chi connectivity index (χ0v) is 13.0. The van der Waals surface area contributed by atoms with E-state index in [0.29, 0.717) is 12.2 Å². The molecule has 0 spiro atoms. The van der Waals surface area contributed by atoms with Gasteiger partial charge in [-0.3, -0.25) is 0 Å². The van der Waals surface area contributed by atoms with Gasteiger partial charge in [0.25, 0.3) is 0 Å². The third-order valence-corrected chi connectivity index (χ3v) is 4.15. The summed E-state index contributed by atoms with van der Waals surface area (Å²) in [6, 6.07) is 9.42. The molecule has 0 radical (unpaired) electrons. The number of hydrogen-bond donors (Lipinski definition) is 0. The van der Waals surface area contributed by atoms with Crippen molar-refractivity contribution < 1.29 is 13.5 Å². The van der Waals surface area contributed by atoms with Gasteiger partial charge in [-0.05, 0) is 42.3 Å². The van der Waals surface area contributed by atoms with Crippen LogP contribution in [0, 0.1) is 11.6 Å². The summed E-state index contributed by atoms with van der Waals surface area (Å²) in [5, 5.41) is 0.180. The molecule has 0 aliphatic carbocycles. The second-order valence-electron chi connectivity index (χ2n) is 4.15. The number of alkyl halides is 1. The van der Waals surface area contributed by atoms with Crippen molar-refractivity contribution in [3.05, 3.63) is 64.2 Å². The van der Waals surface area contributed by atoms with Crippen LogP contribution >= 0.6 is 27.5 Å². The Kier molecular flexibility index (Phi) is 5.00. The average molecular weight is 362 g/mol. The fourth-order valence-corrected chi connectivity index (χ4v) is 2.89. The maximum absolute atomic E-state index is 13.3. The second-order valence-corrected chi connectivity index (χ2v) is 5.48. The Labute approximate surface area is 129 Å². The molecule has 0 bridgehead atoms. The molecule has 0 fully saturated rings. The van der Waals surface area contributed by atoms with Gasteiger partial charge in [-0.15, -0.1) is 0 Å². The Morgan fingerprint density at radius 3 is 2.35 bits per heavy atom. The van der Waals surface area contributed by atoms with E-state index in [4.69, 9.17) is 16.3 Å². The lowest BCUT2D eigenvalue weighted by Gasteiger charge is -2.14. The summed E-state index contributed by atoms with van der Waals surface area (Å²) in [6.45, 7) is 2.49. The van der Waals surface area contributed by atoms with E-state index in [0.717, 1.165) is 23.4 Å². The van der Waals surface area contributed by atoms with Crippen molar-refractivity contribution >= 4 is 27.5 Å². The highest BCUT2D eigenvalue weighted by molar-refractivity contribution is 9.09. The molecule has 20 heavy (non-hydrogen) atoms. The highest BCUT2D eigenvalue weighted by Crippen LogP contribution is 2.36. The van der Waals surface area contributed by atoms with Crippen LogP contribution in [0.2, 0.25) is 5.02 Å². The molecule has 0 saturated carbocycles. The molecule has 1 atom stereocenters. The van der Waals surface area contributed by atoms with Crippen LogP contribution in [-0.2, 0) is 0 Å². The first kappa shape index (κ1) is 15.3. The predicted octanol–water partition coefficient (Wildman–Crippen LogP) is 5.50. The Bertz CT molecular complexity index is 602. The normalized spacial score (nSPS) is 12.2. The number of rotatable bonds is 4. The summed E-state index contributed by atoms with van der Waals surface area (Å²) in [6.07, 6.45) is 0. The summed E-state index contributed by atoms with van der Waals surface area (Å²) in [4.78, 5) is -0.319. The maximum atomic E-state index is 13.3. The van der Waals surface area contributed by atoms with E-state index in [1.807, 2.05) is 31.2 Å². The summed E-state index contributed by atoms with van der Waals surface area (Å²) in [5.41, 5.74) is 1.36. The summed E-state index contributed by atoms with van der Waals surface area (Å²) in [7, 11) is 0. The van der Waals surface area contributed by atoms with Crippen LogP contribution < -0.4 is 4.74 Å². The van der Waals surface area contributed by atoms with E-state index in [1.54, 1.807) is 0 Å². The molecular formula is C15H12BrClF2O. The maximum Gasteiger partial charge on any atom is 0.160 e. The van der Waals surface area contributed by atoms with Gasteiger partial charge >= 0.3 is 0 Å². The molecule has 5 heteroatoms. The summed E-state index contributed by atoms with van der Waals surface area (Å²) < 4.78 is 31.8. The van der Waals surface area contributed by atoms with Crippen molar-refractivity contribution in [3.8, 4) is 5.75 Å². The van der Waals surface area contributed by atoms with Crippen LogP contribution in [0.25, 0.3) is 0 Å². The van der Waals surface area contributed by atoms with Crippen molar-refractivity contribution in [3.63, 3.8) is 0 Å². The summed E-state index contributed by atoms with van der Waals surface area (Å²) >= 11 is 9.42. The van der Waals surface area contributed by atoms with Gasteiger partial charge in [0.2, 0.25) is 0 Å². The van der Waals surface area contributed by atoms with E-state index in [1.165, 1.54) is 0 Å². The van der Waals surface area contributed by atoms with Crippen molar-refractivity contribution in [1.82, 2.24) is 0 Å². The molecule has 2 aromatic carbocycles. The lowest BCUT2D eigenvalue weighted by Crippen LogP contribution is -1.98. The molecule has 0 aliphatic heterocycles. The molecule has 0 aliphatic rings. The minimum atomic E-state index is -0.954. The first-order valence-electron chi connectivity index (χ1n) is 6.04. The van der Waals surface area contributed by atoms with E-state index in [9.17, 15) is 8.78 Å². The average Bonchev–Trinajstić information content (AvgIpc) is 2.43. The van der Waals surface area contributed by atoms with Crippen LogP contribution in [-0.4, -0.2) is 6.61 Å². The zero-order chi connectivity index (χ0) is 14.7. The van der Waals surface area contributed by atoms with Crippen LogP contribution in [0.4, 0.5) is 8.78 Å². The largest absolute Gasteiger partial charge is 0.494 e. The lowest BCUT2D eigenvalue weighted by atomic mass is 10.0. The SMILES string of the molecule is CCOc1ccc(C(Br)c2cc(F)c(F)cc2Cl)cc1. The second kappa shape index (κ2) is 6.55. The van der Waals surface area contributed by atoms with E-state index in [2.05, 4.69) is 15.9 Å². The van der Waals surface area contributed by atoms with Crippen LogP contribution in [0.15, 0.2) is 36.4 Å². The van der Waals surface area contributed by atoms with Crippen molar-refractivity contribution in [2.75, 3.05) is 6.61 Å². The van der Waals surface area contributed by atoms with Gasteiger partial charge in [0.15, 0.2) is 11.6 Å². The van der Waals surface area contributed by atoms with Crippen molar-refractivity contribution in [1.29, 1.82) is 0 Å². The van der Waals surface area contributed by atoms with Gasteiger partial charge < -0.3 is 4.74 Å². The first-order chi connectivity index (χ1) is 9.52. The zero-order valence-electron chi connectivity index (χ0n) is 10.7. The highest BCUT2D eigenvalue weighted by Gasteiger charge is 2.17. The van der Waals surface area contributed by atoms with Crippen LogP contribution in [0.1, 0.15) is 22.9 Å². The van der Waals surface area contributed by atoms with Gasteiger partial charge in [-0.2, -0.15) is 0 Å². The van der Waals surface area contributed by atoms with Gasteiger partial charge in [0, 0.05) is 5.02 Å². The monoisotopic (exact) mass is 360 g/mol. The summed E-state index contributed by atoms with van der Waals surface area (Å²) in [5.74, 6) is -1.11. The Balaban J connectivity index is 2.31. The fourth-order valence-electron chi connectivity index (χ4n) is 1.81. The topological polar surface area (TPSA) is 9.23 Å². The quantitative estimate of drug-likeness (QED) is 0.516. The van der Waals surface area contributed by atoms with Crippen molar-refractivity contribution in [2.45, 2.75) is 11.8 Å². The molecule has 0 heterocycles. The van der Waals surface area contributed by atoms with Gasteiger partial charge in [0.1, 0.15) is 5.75 Å². The predicted molar refractivity (Wildman–Crippen MR) is 79.7 cm³/mol. The molecule has 2 rings (SSSR count). The van der Waals surface area contributed by atoms with Gasteiger partial charge in [-0.25, -0.2) is 8.78 Å². The van der Waals surface area contributed by atoms with E-state index >= 15 is 0 Å². The molecule has 0 saturated heterocycles. The van der Waals surface area contributed by atoms with E-state index in [-0.39, 0.29) is 9.85 Å². The Hall–Kier alpha value is -1.13. The minimum absolute atomic E-state index is 0.180.